The Kier molecular flexibility index (Phi) is 58.8. The summed E-state index contributed by atoms with van der Waals surface area (Å²) in [5, 5.41) is 87.5. The molecule has 542 valence electrons. The van der Waals surface area contributed by atoms with Crippen molar-refractivity contribution in [1.82, 2.24) is 5.32 Å². The molecule has 0 saturated carbocycles. The van der Waals surface area contributed by atoms with E-state index < -0.39 is 86.8 Å². The number of hydrogen-bond acceptors (Lipinski definition) is 13. The maximum absolute atomic E-state index is 13.3. The summed E-state index contributed by atoms with van der Waals surface area (Å²) in [5.41, 5.74) is 0. The van der Waals surface area contributed by atoms with Crippen LogP contribution in [-0.4, -0.2) is 140 Å². The minimum atomic E-state index is -1.79. The Hall–Kier alpha value is -1.79. The number of nitrogens with one attached hydrogen (secondary N) is 1. The molecule has 1 amide bonds. The third-order valence-corrected chi connectivity index (χ3v) is 19.3. The van der Waals surface area contributed by atoms with Crippen molar-refractivity contribution in [3.05, 3.63) is 36.5 Å². The molecular weight excluding hydrogens is 1160 g/mol. The molecule has 0 aromatic heterocycles. The average Bonchev–Trinajstić information content (AvgIpc) is 1.05. The Morgan fingerprint density at radius 2 is 0.696 bits per heavy atom. The van der Waals surface area contributed by atoms with E-state index in [4.69, 9.17) is 18.9 Å². The van der Waals surface area contributed by atoms with Gasteiger partial charge in [0.1, 0.15) is 48.8 Å². The highest BCUT2D eigenvalue weighted by molar-refractivity contribution is 5.76. The number of hydrogen-bond donors (Lipinski definition) is 9. The molecule has 0 aromatic carbocycles. The fourth-order valence-corrected chi connectivity index (χ4v) is 13.1. The predicted octanol–water partition coefficient (Wildman–Crippen LogP) is 17.2. The molecule has 0 aliphatic carbocycles. The first-order valence-electron chi connectivity index (χ1n) is 39.2. The van der Waals surface area contributed by atoms with Crippen molar-refractivity contribution in [2.75, 3.05) is 19.8 Å². The van der Waals surface area contributed by atoms with Crippen LogP contribution in [0.4, 0.5) is 0 Å². The molecule has 2 aliphatic rings. The lowest BCUT2D eigenvalue weighted by Gasteiger charge is -2.46. The lowest BCUT2D eigenvalue weighted by Crippen LogP contribution is -2.65. The highest BCUT2D eigenvalue weighted by Crippen LogP contribution is 2.30. The van der Waals surface area contributed by atoms with Gasteiger partial charge in [-0.2, -0.15) is 0 Å². The molecule has 12 atom stereocenters. The molecule has 14 heteroatoms. The minimum Gasteiger partial charge on any atom is -0.394 e. The first kappa shape index (κ1) is 86.3. The predicted molar refractivity (Wildman–Crippen MR) is 378 cm³/mol. The fourth-order valence-electron chi connectivity index (χ4n) is 13.1. The van der Waals surface area contributed by atoms with Gasteiger partial charge in [-0.05, 0) is 57.8 Å². The maximum Gasteiger partial charge on any atom is 0.220 e. The number of unbranched alkanes of at least 4 members (excludes halogenated alkanes) is 49. The van der Waals surface area contributed by atoms with Crippen LogP contribution in [0.3, 0.4) is 0 Å². The largest absolute Gasteiger partial charge is 0.394 e. The monoisotopic (exact) mass is 1310 g/mol. The zero-order valence-electron chi connectivity index (χ0n) is 59.3. The van der Waals surface area contributed by atoms with Crippen LogP contribution in [0.5, 0.6) is 0 Å². The van der Waals surface area contributed by atoms with Gasteiger partial charge in [-0.25, -0.2) is 0 Å². The zero-order valence-corrected chi connectivity index (χ0v) is 59.3. The number of ether oxygens (including phenoxy) is 4. The van der Waals surface area contributed by atoms with E-state index in [1.807, 2.05) is 6.08 Å². The molecule has 14 nitrogen and oxygen atoms in total. The summed E-state index contributed by atoms with van der Waals surface area (Å²) in [6, 6.07) is -0.930. The third kappa shape index (κ3) is 45.7. The molecule has 2 aliphatic heterocycles. The number of allylic oxidation sites excluding steroid dienone is 5. The number of rotatable bonds is 66. The van der Waals surface area contributed by atoms with Gasteiger partial charge in [-0.15, -0.1) is 0 Å². The molecule has 2 rings (SSSR count). The molecular formula is C78H147NO13. The fraction of sp³-hybridized carbons (Fsp3) is 0.910. The Labute approximate surface area is 563 Å². The summed E-state index contributed by atoms with van der Waals surface area (Å²) in [6.45, 7) is 2.83. The summed E-state index contributed by atoms with van der Waals surface area (Å²) in [5.74, 6) is -0.242. The molecule has 2 fully saturated rings. The van der Waals surface area contributed by atoms with E-state index in [9.17, 15) is 45.6 Å². The van der Waals surface area contributed by atoms with Crippen molar-refractivity contribution in [3.63, 3.8) is 0 Å². The van der Waals surface area contributed by atoms with Gasteiger partial charge in [0.15, 0.2) is 12.6 Å². The van der Waals surface area contributed by atoms with E-state index in [-0.39, 0.29) is 18.9 Å². The molecule has 92 heavy (non-hydrogen) atoms. The lowest BCUT2D eigenvalue weighted by atomic mass is 9.97. The number of aliphatic hydroxyl groups is 8. The van der Waals surface area contributed by atoms with Crippen molar-refractivity contribution >= 4 is 5.91 Å². The van der Waals surface area contributed by atoms with Gasteiger partial charge in [0, 0.05) is 6.42 Å². The summed E-state index contributed by atoms with van der Waals surface area (Å²) in [6.07, 6.45) is 65.3. The third-order valence-electron chi connectivity index (χ3n) is 19.3. The van der Waals surface area contributed by atoms with E-state index >= 15 is 0 Å². The van der Waals surface area contributed by atoms with Crippen molar-refractivity contribution in [1.29, 1.82) is 0 Å². The number of carbonyl (C=O) groups is 1. The van der Waals surface area contributed by atoms with E-state index in [2.05, 4.69) is 43.5 Å². The molecule has 12 unspecified atom stereocenters. The summed E-state index contributed by atoms with van der Waals surface area (Å²) >= 11 is 0. The van der Waals surface area contributed by atoms with Crippen molar-refractivity contribution in [2.45, 2.75) is 434 Å². The number of carbonyl (C=O) groups excluding carboxylic acids is 1. The average molecular weight is 1310 g/mol. The SMILES string of the molecule is CCCCCCCCCC/C=C\CCCCCCCCCCCCCCCCCCCCCCCCCCCCCC(=O)NC(COC1OC(CO)C(OC2OC(CO)C(O)C(O)C2O)C(O)C1O)C(O)/C=C/CC/C=C/CCCCCCCCCCCCCCC. The second-order valence-electron chi connectivity index (χ2n) is 27.8. The lowest BCUT2D eigenvalue weighted by molar-refractivity contribution is -0.359. The Morgan fingerprint density at radius 3 is 1.07 bits per heavy atom. The van der Waals surface area contributed by atoms with Crippen LogP contribution < -0.4 is 5.32 Å². The van der Waals surface area contributed by atoms with Crippen LogP contribution in [0.25, 0.3) is 0 Å². The molecule has 0 aromatic rings. The Morgan fingerprint density at radius 1 is 0.380 bits per heavy atom. The van der Waals surface area contributed by atoms with Crippen LogP contribution in [0.2, 0.25) is 0 Å². The highest BCUT2D eigenvalue weighted by atomic mass is 16.7. The number of aliphatic hydroxyl groups excluding tert-OH is 8. The summed E-state index contributed by atoms with van der Waals surface area (Å²) in [4.78, 5) is 13.3. The van der Waals surface area contributed by atoms with Gasteiger partial charge in [0.2, 0.25) is 5.91 Å². The molecule has 2 heterocycles. The molecule has 0 bridgehead atoms. The van der Waals surface area contributed by atoms with Gasteiger partial charge < -0.3 is 65.1 Å². The van der Waals surface area contributed by atoms with Gasteiger partial charge in [0.05, 0.1) is 32.0 Å². The maximum atomic E-state index is 13.3. The second-order valence-corrected chi connectivity index (χ2v) is 27.8. The normalized spacial score (nSPS) is 22.8. The zero-order chi connectivity index (χ0) is 66.6. The summed E-state index contributed by atoms with van der Waals surface area (Å²) < 4.78 is 22.9. The number of amides is 1. The second kappa shape index (κ2) is 62.7. The topological polar surface area (TPSA) is 228 Å². The van der Waals surface area contributed by atoms with Crippen LogP contribution in [0, 0.1) is 0 Å². The first-order chi connectivity index (χ1) is 45.1. The van der Waals surface area contributed by atoms with Crippen molar-refractivity contribution in [3.8, 4) is 0 Å². The van der Waals surface area contributed by atoms with Gasteiger partial charge in [-0.1, -0.05) is 333 Å². The van der Waals surface area contributed by atoms with Crippen LogP contribution in [-0.2, 0) is 23.7 Å². The Balaban J connectivity index is 1.57. The van der Waals surface area contributed by atoms with E-state index in [0.717, 1.165) is 32.1 Å². The van der Waals surface area contributed by atoms with Gasteiger partial charge in [0.25, 0.3) is 0 Å². The standard InChI is InChI=1S/C78H147NO13/c1-3-5-7-9-11-13-15-17-19-21-23-24-25-26-27-28-29-30-31-32-33-34-35-36-37-38-39-40-41-42-44-46-48-50-52-54-56-58-60-62-70(83)79-66(67(82)61-59-57-55-53-51-49-47-45-43-22-20-18-16-14-12-10-8-6-4-2)65-89-77-75(88)73(86)76(69(64-81)91-77)92-78-74(87)72(85)71(84)68(63-80)90-78/h21,23,51,53,59,61,66-69,71-78,80-82,84-88H,3-20,22,24-50,52,54-58,60,62-65H2,1-2H3,(H,79,83)/b23-21-,53-51+,61-59+. The van der Waals surface area contributed by atoms with Crippen molar-refractivity contribution in [2.24, 2.45) is 0 Å². The van der Waals surface area contributed by atoms with Gasteiger partial charge >= 0.3 is 0 Å². The van der Waals surface area contributed by atoms with E-state index in [1.165, 1.54) is 295 Å². The van der Waals surface area contributed by atoms with Gasteiger partial charge in [-0.3, -0.25) is 4.79 Å². The van der Waals surface area contributed by atoms with E-state index in [0.29, 0.717) is 12.8 Å². The highest BCUT2D eigenvalue weighted by Gasteiger charge is 2.51. The van der Waals surface area contributed by atoms with Crippen LogP contribution in [0.15, 0.2) is 36.5 Å². The molecule has 2 saturated heterocycles. The first-order valence-corrected chi connectivity index (χ1v) is 39.2. The van der Waals surface area contributed by atoms with Crippen LogP contribution in [0.1, 0.15) is 361 Å². The Bertz CT molecular complexity index is 1680. The van der Waals surface area contributed by atoms with Crippen molar-refractivity contribution < 1.29 is 64.6 Å². The molecule has 0 spiro atoms. The van der Waals surface area contributed by atoms with E-state index in [1.54, 1.807) is 6.08 Å². The summed E-state index contributed by atoms with van der Waals surface area (Å²) in [7, 11) is 0. The minimum absolute atomic E-state index is 0.242. The quantitative estimate of drug-likeness (QED) is 0.0204. The smallest absolute Gasteiger partial charge is 0.220 e. The molecule has 9 N–H and O–H groups in total. The molecule has 0 radical (unpaired) electrons. The van der Waals surface area contributed by atoms with Crippen LogP contribution >= 0.6 is 0 Å².